The highest BCUT2D eigenvalue weighted by atomic mass is 31.2. The van der Waals surface area contributed by atoms with Crippen LogP contribution in [0.25, 0.3) is 0 Å². The molecule has 1 fully saturated rings. The lowest BCUT2D eigenvalue weighted by Gasteiger charge is -2.41. The number of phosphoric ester groups is 1. The predicted octanol–water partition coefficient (Wildman–Crippen LogP) is 7.47. The number of unbranched alkanes of at least 4 members (excludes halogenated alkanes) is 11. The van der Waals surface area contributed by atoms with Crippen molar-refractivity contribution in [3.8, 4) is 0 Å². The van der Waals surface area contributed by atoms with Crippen molar-refractivity contribution in [1.82, 2.24) is 0 Å². The normalized spacial score (nSPS) is 23.9. The Kier molecular flexibility index (Phi) is 30.7. The second kappa shape index (κ2) is 33.1. The van der Waals surface area contributed by atoms with E-state index in [1.165, 1.54) is 51.4 Å². The molecule has 1 rings (SSSR count). The van der Waals surface area contributed by atoms with E-state index in [4.69, 9.17) is 18.5 Å². The first-order valence-electron chi connectivity index (χ1n) is 20.6. The first-order valence-corrected chi connectivity index (χ1v) is 22.1. The lowest BCUT2D eigenvalue weighted by Crippen LogP contribution is -2.64. The number of hydrogen-bond donors (Lipinski definition) is 6. The summed E-state index contributed by atoms with van der Waals surface area (Å²) in [5.74, 6) is -0.505. The number of allylic oxidation sites excluding steroid dienone is 9. The highest BCUT2D eigenvalue weighted by Gasteiger charge is 2.51. The minimum atomic E-state index is -5.03. The fraction of sp³-hybridized carbons (Fsp3) is 0.738. The molecule has 0 aromatic rings. The molecule has 6 unspecified atom stereocenters. The molecule has 0 bridgehead atoms. The van der Waals surface area contributed by atoms with E-state index in [1.54, 1.807) is 0 Å². The minimum Gasteiger partial charge on any atom is -0.457 e. The van der Waals surface area contributed by atoms with Crippen LogP contribution in [0.5, 0.6) is 0 Å². The van der Waals surface area contributed by atoms with Gasteiger partial charge in [0.25, 0.3) is 0 Å². The smallest absolute Gasteiger partial charge is 0.457 e. The van der Waals surface area contributed by atoms with Gasteiger partial charge in [-0.05, 0) is 44.9 Å². The third kappa shape index (κ3) is 25.8. The van der Waals surface area contributed by atoms with Crippen molar-refractivity contribution < 1.29 is 58.3 Å². The van der Waals surface area contributed by atoms with Gasteiger partial charge in [0.1, 0.15) is 42.7 Å². The molecule has 0 aromatic heterocycles. The van der Waals surface area contributed by atoms with Gasteiger partial charge in [0.2, 0.25) is 0 Å². The van der Waals surface area contributed by atoms with Crippen LogP contribution in [-0.2, 0) is 27.9 Å². The van der Waals surface area contributed by atoms with Crippen LogP contribution in [0.3, 0.4) is 0 Å². The number of esters is 1. The molecule has 1 saturated carbocycles. The largest absolute Gasteiger partial charge is 0.472 e. The Hall–Kier alpha value is -1.96. The third-order valence-corrected chi connectivity index (χ3v) is 10.2. The molecule has 55 heavy (non-hydrogen) atoms. The average molecular weight is 801 g/mol. The van der Waals surface area contributed by atoms with E-state index in [0.717, 1.165) is 51.4 Å². The van der Waals surface area contributed by atoms with Gasteiger partial charge >= 0.3 is 13.8 Å². The molecule has 1 aliphatic rings. The molecule has 0 saturated heterocycles. The Labute approximate surface area is 330 Å². The maximum atomic E-state index is 12.8. The van der Waals surface area contributed by atoms with Gasteiger partial charge in [0.15, 0.2) is 0 Å². The summed E-state index contributed by atoms with van der Waals surface area (Å²) in [5, 5.41) is 50.0. The highest BCUT2D eigenvalue weighted by molar-refractivity contribution is 7.47. The van der Waals surface area contributed by atoms with Crippen molar-refractivity contribution in [2.75, 3.05) is 19.8 Å². The predicted molar refractivity (Wildman–Crippen MR) is 216 cm³/mol. The molecule has 13 heteroatoms. The third-order valence-electron chi connectivity index (χ3n) is 9.17. The zero-order valence-electron chi connectivity index (χ0n) is 33.5. The summed E-state index contributed by atoms with van der Waals surface area (Å²) in [4.78, 5) is 23.0. The maximum Gasteiger partial charge on any atom is 0.472 e. The Bertz CT molecular complexity index is 1140. The van der Waals surface area contributed by atoms with Crippen LogP contribution < -0.4 is 0 Å². The monoisotopic (exact) mass is 800 g/mol. The Morgan fingerprint density at radius 3 is 1.53 bits per heavy atom. The van der Waals surface area contributed by atoms with E-state index in [-0.39, 0.29) is 13.0 Å². The van der Waals surface area contributed by atoms with Crippen molar-refractivity contribution >= 4 is 13.8 Å². The van der Waals surface area contributed by atoms with E-state index in [9.17, 15) is 39.8 Å². The second-order valence-electron chi connectivity index (χ2n) is 14.1. The lowest BCUT2D eigenvalue weighted by atomic mass is 9.85. The van der Waals surface area contributed by atoms with Gasteiger partial charge in [-0.25, -0.2) is 4.57 Å². The number of carbonyl (C=O) groups is 1. The SMILES string of the molecule is CC/C=C\C/C=C\C/C=C\C/C=C\C/C=C\CCOCC(COP(=O)(O)OC1C(O)C(O)C(O)C(O)C1O)OC(=O)CCCCCCCCCCCCCC. The number of phosphoric acid groups is 1. The molecule has 6 N–H and O–H groups in total. The molecule has 12 nitrogen and oxygen atoms in total. The zero-order chi connectivity index (χ0) is 40.6. The second-order valence-corrected chi connectivity index (χ2v) is 15.5. The summed E-state index contributed by atoms with van der Waals surface area (Å²) in [5.41, 5.74) is 0. The summed E-state index contributed by atoms with van der Waals surface area (Å²) in [6.45, 7) is 3.90. The van der Waals surface area contributed by atoms with Crippen LogP contribution in [0.4, 0.5) is 0 Å². The lowest BCUT2D eigenvalue weighted by molar-refractivity contribution is -0.220. The van der Waals surface area contributed by atoms with Gasteiger partial charge in [-0.1, -0.05) is 145 Å². The van der Waals surface area contributed by atoms with Gasteiger partial charge in [-0.2, -0.15) is 0 Å². The van der Waals surface area contributed by atoms with Crippen LogP contribution in [-0.4, -0.2) is 98.9 Å². The van der Waals surface area contributed by atoms with Crippen molar-refractivity contribution in [2.45, 2.75) is 179 Å². The van der Waals surface area contributed by atoms with Gasteiger partial charge < -0.3 is 39.9 Å². The van der Waals surface area contributed by atoms with Crippen molar-refractivity contribution in [2.24, 2.45) is 0 Å². The molecule has 0 amide bonds. The zero-order valence-corrected chi connectivity index (χ0v) is 34.3. The van der Waals surface area contributed by atoms with E-state index < -0.39 is 63.1 Å². The summed E-state index contributed by atoms with van der Waals surface area (Å²) < 4.78 is 33.9. The van der Waals surface area contributed by atoms with Crippen molar-refractivity contribution in [1.29, 1.82) is 0 Å². The average Bonchev–Trinajstić information content (AvgIpc) is 3.17. The van der Waals surface area contributed by atoms with E-state index in [1.807, 2.05) is 12.2 Å². The first kappa shape index (κ1) is 51.1. The van der Waals surface area contributed by atoms with Crippen LogP contribution in [0.1, 0.15) is 136 Å². The maximum absolute atomic E-state index is 12.8. The Morgan fingerprint density at radius 2 is 1.04 bits per heavy atom. The van der Waals surface area contributed by atoms with Gasteiger partial charge in [0, 0.05) is 6.42 Å². The van der Waals surface area contributed by atoms with Crippen LogP contribution in [0.2, 0.25) is 0 Å². The topological polar surface area (TPSA) is 192 Å². The van der Waals surface area contributed by atoms with Crippen molar-refractivity contribution in [3.05, 3.63) is 60.8 Å². The molecule has 318 valence electrons. The minimum absolute atomic E-state index is 0.132. The van der Waals surface area contributed by atoms with E-state index in [2.05, 4.69) is 62.5 Å². The molecule has 0 aliphatic heterocycles. The molecular formula is C42H73O12P. The van der Waals surface area contributed by atoms with Crippen LogP contribution in [0, 0.1) is 0 Å². The number of aliphatic hydroxyl groups excluding tert-OH is 5. The molecule has 0 radical (unpaired) electrons. The first-order chi connectivity index (χ1) is 26.5. The summed E-state index contributed by atoms with van der Waals surface area (Å²) >= 11 is 0. The molecule has 1 aliphatic carbocycles. The number of hydrogen-bond acceptors (Lipinski definition) is 11. The fourth-order valence-electron chi connectivity index (χ4n) is 5.89. The Balaban J connectivity index is 2.51. The van der Waals surface area contributed by atoms with Gasteiger partial charge in [-0.3, -0.25) is 13.8 Å². The molecule has 0 spiro atoms. The molecule has 6 atom stereocenters. The quantitative estimate of drug-likeness (QED) is 0.0166. The van der Waals surface area contributed by atoms with E-state index in [0.29, 0.717) is 19.4 Å². The fourth-order valence-corrected chi connectivity index (χ4v) is 6.86. The molecule has 0 heterocycles. The highest BCUT2D eigenvalue weighted by Crippen LogP contribution is 2.47. The van der Waals surface area contributed by atoms with Gasteiger partial charge in [0.05, 0.1) is 19.8 Å². The molecule has 0 aromatic carbocycles. The van der Waals surface area contributed by atoms with E-state index >= 15 is 0 Å². The number of ether oxygens (including phenoxy) is 2. The Morgan fingerprint density at radius 1 is 0.600 bits per heavy atom. The van der Waals surface area contributed by atoms with Crippen molar-refractivity contribution in [3.63, 3.8) is 0 Å². The molecular weight excluding hydrogens is 727 g/mol. The van der Waals surface area contributed by atoms with Crippen LogP contribution >= 0.6 is 7.82 Å². The summed E-state index contributed by atoms with van der Waals surface area (Å²) in [6, 6.07) is 0. The summed E-state index contributed by atoms with van der Waals surface area (Å²) in [6.07, 6.45) is 27.5. The van der Waals surface area contributed by atoms with Crippen LogP contribution in [0.15, 0.2) is 60.8 Å². The summed E-state index contributed by atoms with van der Waals surface area (Å²) in [7, 11) is -5.03. The number of carbonyl (C=O) groups excluding carboxylic acids is 1. The van der Waals surface area contributed by atoms with Gasteiger partial charge in [-0.15, -0.1) is 0 Å². The number of rotatable bonds is 33. The standard InChI is InChI=1S/C42H73O12P/c1-3-5-7-9-11-13-15-17-18-19-20-22-24-26-28-30-32-51-33-35(53-36(43)31-29-27-25-23-21-16-14-12-10-8-6-4-2)34-52-55(49,50)54-42-40(47)38(45)37(44)39(46)41(42)48/h5,7,11,13,17-18,20,22,26,28,35,37-42,44-48H,3-4,6,8-10,12,14-16,19,21,23-25,27,29-34H2,1-2H3,(H,49,50)/b7-5-,13-11-,18-17-,22-20-,28-26-. The number of aliphatic hydroxyl groups is 5.